The topological polar surface area (TPSA) is 21.3 Å². The maximum atomic E-state index is 5.19. The van der Waals surface area contributed by atoms with E-state index < -0.39 is 0 Å². The number of nitrogens with one attached hydrogen (secondary N) is 1. The van der Waals surface area contributed by atoms with Gasteiger partial charge in [0, 0.05) is 16.7 Å². The molecule has 1 atom stereocenters. The third-order valence-corrected chi connectivity index (χ3v) is 4.74. The zero-order valence-corrected chi connectivity index (χ0v) is 14.0. The lowest BCUT2D eigenvalue weighted by Crippen LogP contribution is -2.19. The van der Waals surface area contributed by atoms with Crippen LogP contribution in [0.2, 0.25) is 0 Å². The van der Waals surface area contributed by atoms with E-state index in [0.29, 0.717) is 6.04 Å². The number of hydrogen-bond acceptors (Lipinski definition) is 3. The molecular weight excluding hydrogens is 278 g/mol. The Hall–Kier alpha value is -1.45. The molecule has 0 amide bonds. The van der Waals surface area contributed by atoms with E-state index in [4.69, 9.17) is 4.74 Å². The average molecular weight is 301 g/mol. The van der Waals surface area contributed by atoms with E-state index in [-0.39, 0.29) is 0 Å². The molecule has 0 saturated carbocycles. The number of hydrogen-bond donors (Lipinski definition) is 1. The molecule has 0 fully saturated rings. The summed E-state index contributed by atoms with van der Waals surface area (Å²) in [7, 11) is 3.72. The quantitative estimate of drug-likeness (QED) is 0.801. The highest BCUT2D eigenvalue weighted by atomic mass is 32.2. The van der Waals surface area contributed by atoms with Gasteiger partial charge in [0.15, 0.2) is 0 Å². The van der Waals surface area contributed by atoms with E-state index in [1.807, 2.05) is 30.9 Å². The highest BCUT2D eigenvalue weighted by Crippen LogP contribution is 2.28. The Balaban J connectivity index is 2.06. The van der Waals surface area contributed by atoms with E-state index in [9.17, 15) is 0 Å². The standard InChI is InChI=1S/C18H23NOS/c1-13-5-6-14(2)17(11-13)18(19-3)12-21-16-9-7-15(20-4)8-10-16/h5-11,18-19H,12H2,1-4H3. The number of ether oxygens (including phenoxy) is 1. The Labute approximate surface area is 131 Å². The molecule has 2 aromatic rings. The summed E-state index contributed by atoms with van der Waals surface area (Å²) >= 11 is 1.86. The lowest BCUT2D eigenvalue weighted by atomic mass is 10.0. The summed E-state index contributed by atoms with van der Waals surface area (Å²) in [5.74, 6) is 1.91. The van der Waals surface area contributed by atoms with Crippen LogP contribution in [0.25, 0.3) is 0 Å². The Kier molecular flexibility index (Phi) is 5.71. The summed E-state index contributed by atoms with van der Waals surface area (Å²) < 4.78 is 5.19. The summed E-state index contributed by atoms with van der Waals surface area (Å²) in [6, 6.07) is 15.2. The molecular formula is C18H23NOS. The smallest absolute Gasteiger partial charge is 0.118 e. The fourth-order valence-electron chi connectivity index (χ4n) is 2.32. The summed E-state index contributed by atoms with van der Waals surface area (Å²) in [5.41, 5.74) is 4.04. The van der Waals surface area contributed by atoms with Gasteiger partial charge in [0.1, 0.15) is 5.75 Å². The first-order valence-corrected chi connectivity index (χ1v) is 8.14. The summed E-state index contributed by atoms with van der Waals surface area (Å²) in [6.45, 7) is 4.32. The van der Waals surface area contributed by atoms with E-state index >= 15 is 0 Å². The highest BCUT2D eigenvalue weighted by Gasteiger charge is 2.12. The van der Waals surface area contributed by atoms with E-state index in [1.165, 1.54) is 21.6 Å². The molecule has 0 aliphatic rings. The van der Waals surface area contributed by atoms with Crippen molar-refractivity contribution in [2.75, 3.05) is 19.9 Å². The lowest BCUT2D eigenvalue weighted by Gasteiger charge is -2.19. The average Bonchev–Trinajstić information content (AvgIpc) is 2.51. The summed E-state index contributed by atoms with van der Waals surface area (Å²) in [4.78, 5) is 1.27. The second kappa shape index (κ2) is 7.53. The fourth-order valence-corrected chi connectivity index (χ4v) is 3.35. The van der Waals surface area contributed by atoms with Crippen LogP contribution in [-0.2, 0) is 0 Å². The first-order valence-electron chi connectivity index (χ1n) is 7.15. The molecule has 1 N–H and O–H groups in total. The number of thioether (sulfide) groups is 1. The Morgan fingerprint density at radius 3 is 2.43 bits per heavy atom. The van der Waals surface area contributed by atoms with Gasteiger partial charge in [-0.05, 0) is 56.3 Å². The van der Waals surface area contributed by atoms with Crippen molar-refractivity contribution in [1.29, 1.82) is 0 Å². The molecule has 0 bridgehead atoms. The molecule has 0 heterocycles. The van der Waals surface area contributed by atoms with Crippen LogP contribution in [0.5, 0.6) is 5.75 Å². The summed E-state index contributed by atoms with van der Waals surface area (Å²) in [6.07, 6.45) is 0. The zero-order valence-electron chi connectivity index (χ0n) is 13.1. The monoisotopic (exact) mass is 301 g/mol. The highest BCUT2D eigenvalue weighted by molar-refractivity contribution is 7.99. The van der Waals surface area contributed by atoms with Crippen molar-refractivity contribution >= 4 is 11.8 Å². The molecule has 2 rings (SSSR count). The minimum Gasteiger partial charge on any atom is -0.497 e. The van der Waals surface area contributed by atoms with Crippen molar-refractivity contribution in [2.24, 2.45) is 0 Å². The molecule has 1 unspecified atom stereocenters. The maximum absolute atomic E-state index is 5.19. The predicted molar refractivity (Wildman–Crippen MR) is 91.4 cm³/mol. The normalized spacial score (nSPS) is 12.2. The van der Waals surface area contributed by atoms with Gasteiger partial charge in [0.25, 0.3) is 0 Å². The first-order chi connectivity index (χ1) is 10.1. The van der Waals surface area contributed by atoms with Crippen LogP contribution in [0.1, 0.15) is 22.7 Å². The number of methoxy groups -OCH3 is 1. The van der Waals surface area contributed by atoms with Gasteiger partial charge in [-0.25, -0.2) is 0 Å². The molecule has 0 aliphatic heterocycles. The van der Waals surface area contributed by atoms with Crippen molar-refractivity contribution in [3.05, 3.63) is 59.2 Å². The maximum Gasteiger partial charge on any atom is 0.118 e. The molecule has 3 heteroatoms. The van der Waals surface area contributed by atoms with Crippen molar-refractivity contribution < 1.29 is 4.74 Å². The molecule has 0 spiro atoms. The Morgan fingerprint density at radius 1 is 1.10 bits per heavy atom. The molecule has 0 radical (unpaired) electrons. The first kappa shape index (κ1) is 15.9. The molecule has 0 aliphatic carbocycles. The number of aryl methyl sites for hydroxylation is 2. The molecule has 2 nitrogen and oxygen atoms in total. The van der Waals surface area contributed by atoms with Gasteiger partial charge in [0.05, 0.1) is 7.11 Å². The second-order valence-electron chi connectivity index (χ2n) is 5.19. The summed E-state index contributed by atoms with van der Waals surface area (Å²) in [5, 5.41) is 3.43. The van der Waals surface area contributed by atoms with Crippen molar-refractivity contribution in [3.8, 4) is 5.75 Å². The Bertz CT molecular complexity index is 580. The molecule has 0 saturated heterocycles. The van der Waals surface area contributed by atoms with Crippen LogP contribution < -0.4 is 10.1 Å². The zero-order chi connectivity index (χ0) is 15.2. The largest absolute Gasteiger partial charge is 0.497 e. The fraction of sp³-hybridized carbons (Fsp3) is 0.333. The minimum absolute atomic E-state index is 0.358. The van der Waals surface area contributed by atoms with Gasteiger partial charge < -0.3 is 10.1 Å². The van der Waals surface area contributed by atoms with Gasteiger partial charge in [-0.2, -0.15) is 0 Å². The molecule has 0 aromatic heterocycles. The van der Waals surface area contributed by atoms with Gasteiger partial charge in [-0.3, -0.25) is 0 Å². The van der Waals surface area contributed by atoms with Crippen molar-refractivity contribution in [3.63, 3.8) is 0 Å². The van der Waals surface area contributed by atoms with Crippen LogP contribution in [0.15, 0.2) is 47.4 Å². The molecule has 2 aromatic carbocycles. The van der Waals surface area contributed by atoms with Gasteiger partial charge in [-0.1, -0.05) is 23.8 Å². The van der Waals surface area contributed by atoms with E-state index in [0.717, 1.165) is 11.5 Å². The van der Waals surface area contributed by atoms with Crippen LogP contribution in [0.4, 0.5) is 0 Å². The molecule has 112 valence electrons. The van der Waals surface area contributed by atoms with Gasteiger partial charge >= 0.3 is 0 Å². The van der Waals surface area contributed by atoms with Crippen molar-refractivity contribution in [1.82, 2.24) is 5.32 Å². The Morgan fingerprint density at radius 2 is 1.81 bits per heavy atom. The third-order valence-electron chi connectivity index (χ3n) is 3.63. The van der Waals surface area contributed by atoms with Crippen LogP contribution >= 0.6 is 11.8 Å². The van der Waals surface area contributed by atoms with Crippen molar-refractivity contribution in [2.45, 2.75) is 24.8 Å². The minimum atomic E-state index is 0.358. The third kappa shape index (κ3) is 4.26. The number of benzene rings is 2. The van der Waals surface area contributed by atoms with Crippen LogP contribution in [0, 0.1) is 13.8 Å². The SMILES string of the molecule is CNC(CSc1ccc(OC)cc1)c1cc(C)ccc1C. The van der Waals surface area contributed by atoms with Gasteiger partial charge in [-0.15, -0.1) is 11.8 Å². The predicted octanol–water partition coefficient (Wildman–Crippen LogP) is 4.36. The molecule has 21 heavy (non-hydrogen) atoms. The van der Waals surface area contributed by atoms with Crippen LogP contribution in [-0.4, -0.2) is 19.9 Å². The number of rotatable bonds is 6. The van der Waals surface area contributed by atoms with E-state index in [2.05, 4.69) is 49.5 Å². The van der Waals surface area contributed by atoms with Crippen LogP contribution in [0.3, 0.4) is 0 Å². The second-order valence-corrected chi connectivity index (χ2v) is 6.28. The lowest BCUT2D eigenvalue weighted by molar-refractivity contribution is 0.414. The van der Waals surface area contributed by atoms with Gasteiger partial charge in [0.2, 0.25) is 0 Å². The van der Waals surface area contributed by atoms with E-state index in [1.54, 1.807) is 7.11 Å².